The van der Waals surface area contributed by atoms with Crippen molar-refractivity contribution in [2.75, 3.05) is 32.7 Å². The fourth-order valence-corrected chi connectivity index (χ4v) is 6.34. The Morgan fingerprint density at radius 2 is 2.00 bits per heavy atom. The van der Waals surface area contributed by atoms with E-state index in [4.69, 9.17) is 0 Å². The van der Waals surface area contributed by atoms with Crippen molar-refractivity contribution < 1.29 is 9.90 Å². The number of likely N-dealkylation sites (tertiary alicyclic amines) is 2. The predicted octanol–water partition coefficient (Wildman–Crippen LogP) is 3.04. The molecule has 1 amide bonds. The van der Waals surface area contributed by atoms with Crippen molar-refractivity contribution >= 4 is 18.5 Å². The van der Waals surface area contributed by atoms with Crippen LogP contribution in [0.1, 0.15) is 51.9 Å². The van der Waals surface area contributed by atoms with Gasteiger partial charge < -0.3 is 20.2 Å². The van der Waals surface area contributed by atoms with Gasteiger partial charge in [-0.1, -0.05) is 13.3 Å². The summed E-state index contributed by atoms with van der Waals surface area (Å²) in [5.74, 6) is 1.58. The number of amides is 1. The first kappa shape index (κ1) is 19.2. The van der Waals surface area contributed by atoms with Crippen LogP contribution in [-0.4, -0.2) is 65.8 Å². The van der Waals surface area contributed by atoms with Gasteiger partial charge in [-0.05, 0) is 75.4 Å². The Morgan fingerprint density at radius 1 is 1.24 bits per heavy atom. The highest BCUT2D eigenvalue weighted by Gasteiger charge is 2.58. The highest BCUT2D eigenvalue weighted by molar-refractivity contribution is 5.85. The fourth-order valence-electron chi connectivity index (χ4n) is 6.34. The molecule has 0 bridgehead atoms. The van der Waals surface area contributed by atoms with E-state index in [9.17, 15) is 9.90 Å². The van der Waals surface area contributed by atoms with Crippen LogP contribution < -0.4 is 5.32 Å². The third kappa shape index (κ3) is 3.40. The first-order valence-electron chi connectivity index (χ1n) is 10.1. The van der Waals surface area contributed by atoms with Crippen LogP contribution >= 0.6 is 12.4 Å². The van der Waals surface area contributed by atoms with Gasteiger partial charge in [0.25, 0.3) is 0 Å². The Labute approximate surface area is 157 Å². The summed E-state index contributed by atoms with van der Waals surface area (Å²) in [5, 5.41) is 13.0. The number of carboxylic acid groups (broad SMARTS) is 1. The van der Waals surface area contributed by atoms with Gasteiger partial charge in [0.15, 0.2) is 0 Å². The number of nitrogens with zero attached hydrogens (tertiary/aromatic N) is 2. The molecule has 3 aliphatic heterocycles. The zero-order valence-corrected chi connectivity index (χ0v) is 16.3. The molecule has 4 aliphatic rings. The fraction of sp³-hybridized carbons (Fsp3) is 0.947. The van der Waals surface area contributed by atoms with E-state index in [1.54, 1.807) is 4.90 Å². The maximum Gasteiger partial charge on any atom is 0.407 e. The molecule has 0 aromatic carbocycles. The van der Waals surface area contributed by atoms with Gasteiger partial charge in [0.1, 0.15) is 0 Å². The van der Waals surface area contributed by atoms with Crippen LogP contribution in [-0.2, 0) is 0 Å². The van der Waals surface area contributed by atoms with E-state index in [0.717, 1.165) is 31.5 Å². The van der Waals surface area contributed by atoms with Gasteiger partial charge in [-0.2, -0.15) is 0 Å². The molecule has 0 aromatic heterocycles. The number of hydrogen-bond acceptors (Lipinski definition) is 3. The third-order valence-electron chi connectivity index (χ3n) is 7.67. The summed E-state index contributed by atoms with van der Waals surface area (Å²) in [6.45, 7) is 7.55. The van der Waals surface area contributed by atoms with Crippen molar-refractivity contribution in [2.24, 2.45) is 17.3 Å². The molecule has 3 unspecified atom stereocenters. The molecule has 1 spiro atoms. The molecule has 25 heavy (non-hydrogen) atoms. The summed E-state index contributed by atoms with van der Waals surface area (Å²) < 4.78 is 0. The molecule has 0 aromatic rings. The standard InChI is InChI=1S/C19H33N3O2.ClH/c1-2-15-17(12-19(15)7-11-22(13-19)18(23)24)21-9-5-14(6-10-21)16-4-3-8-20-16;/h14-17,20H,2-13H2,1H3,(H,23,24);1H/t15?,16-,17?,19?;/m0./s1. The highest BCUT2D eigenvalue weighted by atomic mass is 35.5. The number of halogens is 1. The number of rotatable bonds is 3. The SMILES string of the molecule is CCC1C(N2CCC([C@@H]3CCCN3)CC2)CC12CCN(C(=O)O)C2.Cl. The predicted molar refractivity (Wildman–Crippen MR) is 101 cm³/mol. The van der Waals surface area contributed by atoms with Gasteiger partial charge in [-0.25, -0.2) is 4.79 Å². The molecular formula is C19H34ClN3O2. The number of hydrogen-bond donors (Lipinski definition) is 2. The van der Waals surface area contributed by atoms with Gasteiger partial charge in [0.05, 0.1) is 0 Å². The van der Waals surface area contributed by atoms with Gasteiger partial charge in [-0.3, -0.25) is 0 Å². The molecule has 2 N–H and O–H groups in total. The summed E-state index contributed by atoms with van der Waals surface area (Å²) in [6, 6.07) is 1.49. The molecule has 4 rings (SSSR count). The molecule has 0 radical (unpaired) electrons. The average Bonchev–Trinajstić information content (AvgIpc) is 3.24. The molecule has 4 atom stereocenters. The van der Waals surface area contributed by atoms with E-state index in [0.29, 0.717) is 17.4 Å². The van der Waals surface area contributed by atoms with E-state index in [-0.39, 0.29) is 12.4 Å². The van der Waals surface area contributed by atoms with Crippen LogP contribution in [0.5, 0.6) is 0 Å². The summed E-state index contributed by atoms with van der Waals surface area (Å²) in [4.78, 5) is 15.7. The molecule has 3 saturated heterocycles. The van der Waals surface area contributed by atoms with Crippen LogP contribution in [0.2, 0.25) is 0 Å². The Bertz CT molecular complexity index is 477. The quantitative estimate of drug-likeness (QED) is 0.800. The lowest BCUT2D eigenvalue weighted by molar-refractivity contribution is -0.0810. The number of piperidine rings is 1. The molecule has 3 heterocycles. The van der Waals surface area contributed by atoms with Gasteiger partial charge in [0.2, 0.25) is 0 Å². The van der Waals surface area contributed by atoms with Crippen molar-refractivity contribution in [3.63, 3.8) is 0 Å². The summed E-state index contributed by atoms with van der Waals surface area (Å²) in [6.07, 6.45) is 8.20. The Hall–Kier alpha value is -0.520. The summed E-state index contributed by atoms with van der Waals surface area (Å²) in [7, 11) is 0. The zero-order chi connectivity index (χ0) is 16.7. The second kappa shape index (κ2) is 7.61. The Kier molecular flexibility index (Phi) is 5.86. The first-order valence-corrected chi connectivity index (χ1v) is 10.1. The van der Waals surface area contributed by atoms with Gasteiger partial charge in [0, 0.05) is 25.2 Å². The van der Waals surface area contributed by atoms with Crippen molar-refractivity contribution in [3.8, 4) is 0 Å². The first-order chi connectivity index (χ1) is 11.6. The lowest BCUT2D eigenvalue weighted by Crippen LogP contribution is -2.61. The second-order valence-electron chi connectivity index (χ2n) is 8.68. The molecule has 1 saturated carbocycles. The smallest absolute Gasteiger partial charge is 0.407 e. The zero-order valence-electron chi connectivity index (χ0n) is 15.5. The normalized spacial score (nSPS) is 39.4. The third-order valence-corrected chi connectivity index (χ3v) is 7.67. The molecule has 144 valence electrons. The maximum absolute atomic E-state index is 11.3. The van der Waals surface area contributed by atoms with Crippen LogP contribution in [0.3, 0.4) is 0 Å². The molecule has 1 aliphatic carbocycles. The molecule has 4 fully saturated rings. The topological polar surface area (TPSA) is 55.8 Å². The van der Waals surface area contributed by atoms with E-state index in [1.807, 2.05) is 0 Å². The van der Waals surface area contributed by atoms with Crippen LogP contribution in [0, 0.1) is 17.3 Å². The van der Waals surface area contributed by atoms with Crippen LogP contribution in [0.25, 0.3) is 0 Å². The van der Waals surface area contributed by atoms with Crippen molar-refractivity contribution in [1.29, 1.82) is 0 Å². The monoisotopic (exact) mass is 371 g/mol. The van der Waals surface area contributed by atoms with Crippen LogP contribution in [0.15, 0.2) is 0 Å². The minimum atomic E-state index is -0.727. The average molecular weight is 372 g/mol. The van der Waals surface area contributed by atoms with Gasteiger partial charge in [-0.15, -0.1) is 12.4 Å². The summed E-state index contributed by atoms with van der Waals surface area (Å²) in [5.41, 5.74) is 0.293. The minimum absolute atomic E-state index is 0. The number of carbonyl (C=O) groups is 1. The van der Waals surface area contributed by atoms with Gasteiger partial charge >= 0.3 is 6.09 Å². The maximum atomic E-state index is 11.3. The van der Waals surface area contributed by atoms with E-state index in [2.05, 4.69) is 17.1 Å². The molecular weight excluding hydrogens is 338 g/mol. The van der Waals surface area contributed by atoms with Crippen molar-refractivity contribution in [2.45, 2.75) is 64.0 Å². The lowest BCUT2D eigenvalue weighted by Gasteiger charge is -2.58. The largest absolute Gasteiger partial charge is 0.465 e. The summed E-state index contributed by atoms with van der Waals surface area (Å²) >= 11 is 0. The highest BCUT2D eigenvalue weighted by Crippen LogP contribution is 2.56. The van der Waals surface area contributed by atoms with Crippen molar-refractivity contribution in [1.82, 2.24) is 15.1 Å². The minimum Gasteiger partial charge on any atom is -0.465 e. The molecule has 5 nitrogen and oxygen atoms in total. The van der Waals surface area contributed by atoms with Crippen LogP contribution in [0.4, 0.5) is 4.79 Å². The van der Waals surface area contributed by atoms with E-state index in [1.165, 1.54) is 58.2 Å². The van der Waals surface area contributed by atoms with E-state index < -0.39 is 6.09 Å². The van der Waals surface area contributed by atoms with Crippen molar-refractivity contribution in [3.05, 3.63) is 0 Å². The molecule has 6 heteroatoms. The lowest BCUT2D eigenvalue weighted by atomic mass is 9.54. The Morgan fingerprint density at radius 3 is 2.56 bits per heavy atom. The van der Waals surface area contributed by atoms with E-state index >= 15 is 0 Å². The Balaban J connectivity index is 0.00000182. The number of nitrogens with one attached hydrogen (secondary N) is 1. The second-order valence-corrected chi connectivity index (χ2v) is 8.68.